The summed E-state index contributed by atoms with van der Waals surface area (Å²) < 4.78 is 0. The Morgan fingerprint density at radius 1 is 0.846 bits per heavy atom. The van der Waals surface area contributed by atoms with Crippen molar-refractivity contribution in [2.24, 2.45) is 11.8 Å². The van der Waals surface area contributed by atoms with E-state index in [1.165, 1.54) is 19.3 Å². The van der Waals surface area contributed by atoms with Crippen LogP contribution in [0.1, 0.15) is 57.3 Å². The Bertz CT molecular complexity index is 594. The number of carbonyl (C=O) groups excluding carboxylic acids is 2. The van der Waals surface area contributed by atoms with Crippen molar-refractivity contribution < 1.29 is 9.59 Å². The third-order valence-corrected chi connectivity index (χ3v) is 3.98. The number of nitrogens with zero attached hydrogens (tertiary/aromatic N) is 1. The number of likely N-dealkylation sites (tertiary alicyclic amines) is 1. The van der Waals surface area contributed by atoms with Crippen molar-refractivity contribution in [3.05, 3.63) is 60.2 Å². The molecule has 0 saturated carbocycles. The summed E-state index contributed by atoms with van der Waals surface area (Å²) in [5.41, 5.74) is 0.749. The van der Waals surface area contributed by atoms with Crippen molar-refractivity contribution in [1.29, 1.82) is 0 Å². The van der Waals surface area contributed by atoms with E-state index in [0.717, 1.165) is 18.7 Å². The molecule has 26 heavy (non-hydrogen) atoms. The molecule has 0 spiro atoms. The van der Waals surface area contributed by atoms with Gasteiger partial charge in [0.05, 0.1) is 0 Å². The highest BCUT2D eigenvalue weighted by Gasteiger charge is 2.13. The van der Waals surface area contributed by atoms with Gasteiger partial charge >= 0.3 is 0 Å². The topological polar surface area (TPSA) is 37.4 Å². The maximum Gasteiger partial charge on any atom is 0.246 e. The molecule has 1 aliphatic heterocycles. The van der Waals surface area contributed by atoms with Crippen molar-refractivity contribution in [2.45, 2.75) is 47.0 Å². The Balaban J connectivity index is 0.000000260. The summed E-state index contributed by atoms with van der Waals surface area (Å²) in [4.78, 5) is 25.0. The lowest BCUT2D eigenvalue weighted by molar-refractivity contribution is -0.126. The number of hydrogen-bond acceptors (Lipinski definition) is 2. The van der Waals surface area contributed by atoms with Gasteiger partial charge in [0.1, 0.15) is 0 Å². The van der Waals surface area contributed by atoms with E-state index in [1.807, 2.05) is 47.4 Å². The summed E-state index contributed by atoms with van der Waals surface area (Å²) in [5.74, 6) is 1.16. The fourth-order valence-electron chi connectivity index (χ4n) is 2.47. The van der Waals surface area contributed by atoms with Crippen molar-refractivity contribution in [3.8, 4) is 0 Å². The van der Waals surface area contributed by atoms with Gasteiger partial charge in [0, 0.05) is 18.7 Å². The number of allylic oxidation sites excluding steroid dienone is 3. The van der Waals surface area contributed by atoms with E-state index in [9.17, 15) is 9.59 Å². The first-order valence-corrected chi connectivity index (χ1v) is 9.65. The third-order valence-electron chi connectivity index (χ3n) is 3.98. The predicted molar refractivity (Wildman–Crippen MR) is 109 cm³/mol. The molecule has 0 bridgehead atoms. The van der Waals surface area contributed by atoms with E-state index in [1.54, 1.807) is 12.2 Å². The summed E-state index contributed by atoms with van der Waals surface area (Å²) in [6, 6.07) is 9.30. The van der Waals surface area contributed by atoms with Crippen LogP contribution in [0, 0.1) is 11.8 Å². The first-order chi connectivity index (χ1) is 12.4. The predicted octanol–water partition coefficient (Wildman–Crippen LogP) is 5.29. The summed E-state index contributed by atoms with van der Waals surface area (Å²) >= 11 is 0. The maximum atomic E-state index is 11.5. The van der Waals surface area contributed by atoms with Crippen LogP contribution in [0.4, 0.5) is 0 Å². The average Bonchev–Trinajstić information content (AvgIpc) is 2.66. The van der Waals surface area contributed by atoms with Crippen LogP contribution in [0.2, 0.25) is 0 Å². The number of rotatable bonds is 5. The number of amides is 1. The molecule has 3 nitrogen and oxygen atoms in total. The molecule has 0 aromatic heterocycles. The SMILES string of the molecule is CC(C)C=CC(=O)N1CCCCC1.CC(C)C=CC(=O)c1ccccc1. The van der Waals surface area contributed by atoms with Crippen LogP contribution in [-0.4, -0.2) is 29.7 Å². The Morgan fingerprint density at radius 2 is 1.38 bits per heavy atom. The Labute approximate surface area is 158 Å². The lowest BCUT2D eigenvalue weighted by Crippen LogP contribution is -2.34. The lowest BCUT2D eigenvalue weighted by Gasteiger charge is -2.25. The number of piperidine rings is 1. The molecular formula is C23H33NO2. The molecule has 1 aromatic carbocycles. The van der Waals surface area contributed by atoms with E-state index in [0.29, 0.717) is 11.8 Å². The Kier molecular flexibility index (Phi) is 10.3. The first-order valence-electron chi connectivity index (χ1n) is 9.65. The van der Waals surface area contributed by atoms with Gasteiger partial charge in [-0.2, -0.15) is 0 Å². The van der Waals surface area contributed by atoms with Gasteiger partial charge in [0.2, 0.25) is 5.91 Å². The van der Waals surface area contributed by atoms with Gasteiger partial charge in [-0.3, -0.25) is 9.59 Å². The van der Waals surface area contributed by atoms with Crippen molar-refractivity contribution in [2.75, 3.05) is 13.1 Å². The van der Waals surface area contributed by atoms with Crippen LogP contribution in [0.5, 0.6) is 0 Å². The molecule has 0 N–H and O–H groups in total. The van der Waals surface area contributed by atoms with Crippen LogP contribution < -0.4 is 0 Å². The first kappa shape index (κ1) is 21.9. The second-order valence-electron chi connectivity index (χ2n) is 7.32. The molecule has 1 heterocycles. The molecule has 1 saturated heterocycles. The highest BCUT2D eigenvalue weighted by atomic mass is 16.2. The largest absolute Gasteiger partial charge is 0.339 e. The van der Waals surface area contributed by atoms with Crippen molar-refractivity contribution in [1.82, 2.24) is 4.90 Å². The quantitative estimate of drug-likeness (QED) is 0.531. The summed E-state index contributed by atoms with van der Waals surface area (Å²) in [6.07, 6.45) is 10.8. The minimum Gasteiger partial charge on any atom is -0.339 e. The number of ketones is 1. The van der Waals surface area contributed by atoms with Crippen LogP contribution >= 0.6 is 0 Å². The van der Waals surface area contributed by atoms with Gasteiger partial charge in [0.15, 0.2) is 5.78 Å². The van der Waals surface area contributed by atoms with Gasteiger partial charge in [-0.15, -0.1) is 0 Å². The van der Waals surface area contributed by atoms with Gasteiger partial charge in [0.25, 0.3) is 0 Å². The van der Waals surface area contributed by atoms with Gasteiger partial charge in [-0.25, -0.2) is 0 Å². The average molecular weight is 356 g/mol. The van der Waals surface area contributed by atoms with Crippen LogP contribution in [0.15, 0.2) is 54.6 Å². The molecule has 0 atom stereocenters. The maximum absolute atomic E-state index is 11.5. The molecule has 0 radical (unpaired) electrons. The molecule has 1 amide bonds. The van der Waals surface area contributed by atoms with Crippen LogP contribution in [0.3, 0.4) is 0 Å². The molecule has 0 unspecified atom stereocenters. The number of hydrogen-bond donors (Lipinski definition) is 0. The second-order valence-corrected chi connectivity index (χ2v) is 7.32. The Hall–Kier alpha value is -2.16. The monoisotopic (exact) mass is 355 g/mol. The summed E-state index contributed by atoms with van der Waals surface area (Å²) in [7, 11) is 0. The molecule has 0 aliphatic carbocycles. The highest BCUT2D eigenvalue weighted by Crippen LogP contribution is 2.09. The van der Waals surface area contributed by atoms with E-state index in [2.05, 4.69) is 27.7 Å². The van der Waals surface area contributed by atoms with Gasteiger partial charge in [-0.1, -0.05) is 70.2 Å². The molecule has 2 rings (SSSR count). The minimum absolute atomic E-state index is 0.0781. The summed E-state index contributed by atoms with van der Waals surface area (Å²) in [5, 5.41) is 0. The second kappa shape index (κ2) is 12.2. The molecule has 1 aromatic rings. The van der Waals surface area contributed by atoms with Gasteiger partial charge in [-0.05, 0) is 43.3 Å². The van der Waals surface area contributed by atoms with E-state index < -0.39 is 0 Å². The third kappa shape index (κ3) is 9.36. The Morgan fingerprint density at radius 3 is 1.92 bits per heavy atom. The van der Waals surface area contributed by atoms with E-state index >= 15 is 0 Å². The number of benzene rings is 1. The zero-order valence-electron chi connectivity index (χ0n) is 16.7. The molecule has 142 valence electrons. The van der Waals surface area contributed by atoms with Crippen molar-refractivity contribution in [3.63, 3.8) is 0 Å². The highest BCUT2D eigenvalue weighted by molar-refractivity contribution is 6.04. The van der Waals surface area contributed by atoms with Crippen LogP contribution in [-0.2, 0) is 4.79 Å². The minimum atomic E-state index is 0.0781. The fraction of sp³-hybridized carbons (Fsp3) is 0.478. The van der Waals surface area contributed by atoms with E-state index in [4.69, 9.17) is 0 Å². The van der Waals surface area contributed by atoms with Crippen molar-refractivity contribution >= 4 is 11.7 Å². The number of carbonyl (C=O) groups is 2. The van der Waals surface area contributed by atoms with Gasteiger partial charge < -0.3 is 4.90 Å². The zero-order chi connectivity index (χ0) is 19.4. The van der Waals surface area contributed by atoms with Crippen LogP contribution in [0.25, 0.3) is 0 Å². The fourth-order valence-corrected chi connectivity index (χ4v) is 2.47. The smallest absolute Gasteiger partial charge is 0.246 e. The molecule has 3 heteroatoms. The van der Waals surface area contributed by atoms with E-state index in [-0.39, 0.29) is 11.7 Å². The molecule has 1 aliphatic rings. The molecule has 1 fully saturated rings. The zero-order valence-corrected chi connectivity index (χ0v) is 16.7. The molecular weight excluding hydrogens is 322 g/mol. The standard InChI is InChI=1S/C12H14O.C11H19NO/c1-10(2)8-9-12(13)11-6-4-3-5-7-11;1-10(2)6-7-11(13)12-8-4-3-5-9-12/h3-10H,1-2H3;6-7,10H,3-5,8-9H2,1-2H3. The lowest BCUT2D eigenvalue weighted by atomic mass is 10.1. The summed E-state index contributed by atoms with van der Waals surface area (Å²) in [6.45, 7) is 10.2. The normalized spacial score (nSPS) is 14.8.